The van der Waals surface area contributed by atoms with Gasteiger partial charge in [0, 0.05) is 18.1 Å². The van der Waals surface area contributed by atoms with Crippen molar-refractivity contribution in [3.63, 3.8) is 0 Å². The summed E-state index contributed by atoms with van der Waals surface area (Å²) in [4.78, 5) is 28.8. The van der Waals surface area contributed by atoms with Crippen molar-refractivity contribution in [2.45, 2.75) is 59.4 Å². The molecule has 2 amide bonds. The van der Waals surface area contributed by atoms with Gasteiger partial charge in [0.25, 0.3) is 0 Å². The van der Waals surface area contributed by atoms with Crippen LogP contribution in [0.5, 0.6) is 5.75 Å². The zero-order valence-corrected chi connectivity index (χ0v) is 18.3. The van der Waals surface area contributed by atoms with Gasteiger partial charge in [0.1, 0.15) is 11.8 Å². The third kappa shape index (κ3) is 6.55. The molecule has 0 aliphatic carbocycles. The third-order valence-corrected chi connectivity index (χ3v) is 4.85. The molecule has 1 unspecified atom stereocenters. The number of nitrogens with zero attached hydrogens (tertiary/aromatic N) is 2. The van der Waals surface area contributed by atoms with E-state index in [4.69, 9.17) is 11.6 Å². The van der Waals surface area contributed by atoms with Gasteiger partial charge in [0.2, 0.25) is 11.8 Å². The van der Waals surface area contributed by atoms with Gasteiger partial charge in [0.15, 0.2) is 0 Å². The first-order valence-electron chi connectivity index (χ1n) is 10.0. The highest BCUT2D eigenvalue weighted by molar-refractivity contribution is 6.30. The maximum absolute atomic E-state index is 12.9. The Morgan fingerprint density at radius 2 is 1.96 bits per heavy atom. The monoisotopic (exact) mass is 408 g/mol. The van der Waals surface area contributed by atoms with Crippen LogP contribution in [0.4, 0.5) is 0 Å². The molecule has 6 heteroatoms. The van der Waals surface area contributed by atoms with Crippen LogP contribution >= 0.6 is 11.6 Å². The summed E-state index contributed by atoms with van der Waals surface area (Å²) in [7, 11) is 0. The molecular weight excluding hydrogens is 376 g/mol. The lowest BCUT2D eigenvalue weighted by molar-refractivity contribution is -0.155. The number of amides is 2. The number of aromatic hydroxyl groups is 1. The number of carbonyl (C=O) groups is 2. The summed E-state index contributed by atoms with van der Waals surface area (Å²) in [6, 6.07) is 4.46. The molecule has 1 aliphatic heterocycles. The molecule has 0 bridgehead atoms. The summed E-state index contributed by atoms with van der Waals surface area (Å²) < 4.78 is 0. The molecule has 156 valence electrons. The van der Waals surface area contributed by atoms with Crippen molar-refractivity contribution in [1.29, 1.82) is 0 Å². The fraction of sp³-hybridized carbons (Fsp3) is 0.545. The predicted octanol–water partition coefficient (Wildman–Crippen LogP) is 4.42. The van der Waals surface area contributed by atoms with Crippen LogP contribution < -0.4 is 0 Å². The number of hydrogen-bond acceptors (Lipinski definition) is 3. The average molecular weight is 409 g/mol. The van der Waals surface area contributed by atoms with Gasteiger partial charge in [-0.25, -0.2) is 0 Å². The summed E-state index contributed by atoms with van der Waals surface area (Å²) in [5.41, 5.74) is 1.59. The molecule has 5 nitrogen and oxygen atoms in total. The third-order valence-electron chi connectivity index (χ3n) is 4.61. The maximum atomic E-state index is 12.9. The van der Waals surface area contributed by atoms with Gasteiger partial charge < -0.3 is 14.9 Å². The van der Waals surface area contributed by atoms with Gasteiger partial charge in [-0.1, -0.05) is 50.4 Å². The van der Waals surface area contributed by atoms with Crippen molar-refractivity contribution in [3.05, 3.63) is 40.9 Å². The Balaban J connectivity index is 0.00000190. The smallest absolute Gasteiger partial charge is 0.246 e. The van der Waals surface area contributed by atoms with Crippen LogP contribution in [-0.2, 0) is 16.0 Å². The van der Waals surface area contributed by atoms with Crippen molar-refractivity contribution in [2.24, 2.45) is 0 Å². The van der Waals surface area contributed by atoms with Crippen LogP contribution in [0.2, 0.25) is 5.02 Å². The molecule has 1 saturated heterocycles. The van der Waals surface area contributed by atoms with E-state index in [1.54, 1.807) is 21.9 Å². The first-order chi connectivity index (χ1) is 13.3. The highest BCUT2D eigenvalue weighted by Gasteiger charge is 2.38. The average Bonchev–Trinajstić information content (AvgIpc) is 2.65. The highest BCUT2D eigenvalue weighted by Crippen LogP contribution is 2.24. The fourth-order valence-electron chi connectivity index (χ4n) is 3.18. The van der Waals surface area contributed by atoms with Crippen LogP contribution in [0.25, 0.3) is 0 Å². The topological polar surface area (TPSA) is 60.9 Å². The lowest BCUT2D eigenvalue weighted by Crippen LogP contribution is -2.60. The highest BCUT2D eigenvalue weighted by atomic mass is 35.5. The number of carbonyl (C=O) groups excluding carboxylic acids is 2. The molecule has 0 radical (unpaired) electrons. The Morgan fingerprint density at radius 1 is 1.29 bits per heavy atom. The van der Waals surface area contributed by atoms with E-state index in [1.807, 2.05) is 20.8 Å². The maximum Gasteiger partial charge on any atom is 0.246 e. The molecule has 1 heterocycles. The summed E-state index contributed by atoms with van der Waals surface area (Å²) in [6.07, 6.45) is 2.80. The normalized spacial score (nSPS) is 16.7. The van der Waals surface area contributed by atoms with Crippen LogP contribution in [-0.4, -0.2) is 52.4 Å². The second-order valence-corrected chi connectivity index (χ2v) is 7.34. The molecule has 1 fully saturated rings. The van der Waals surface area contributed by atoms with E-state index in [0.717, 1.165) is 18.4 Å². The second-order valence-electron chi connectivity index (χ2n) is 6.90. The van der Waals surface area contributed by atoms with E-state index in [9.17, 15) is 14.7 Å². The summed E-state index contributed by atoms with van der Waals surface area (Å²) in [6.45, 7) is 12.9. The minimum atomic E-state index is -0.473. The molecule has 1 N–H and O–H groups in total. The summed E-state index contributed by atoms with van der Waals surface area (Å²) in [5, 5.41) is 10.4. The van der Waals surface area contributed by atoms with Crippen LogP contribution in [0.15, 0.2) is 30.4 Å². The molecule has 1 aromatic rings. The Bertz CT molecular complexity index is 690. The van der Waals surface area contributed by atoms with Gasteiger partial charge in [0.05, 0.1) is 6.54 Å². The van der Waals surface area contributed by atoms with Gasteiger partial charge in [-0.15, -0.1) is 6.58 Å². The fourth-order valence-corrected chi connectivity index (χ4v) is 3.35. The quantitative estimate of drug-likeness (QED) is 0.647. The number of unbranched alkanes of at least 4 members (excludes halogenated alkanes) is 1. The Kier molecular flexibility index (Phi) is 10.1. The molecule has 1 atom stereocenters. The predicted molar refractivity (Wildman–Crippen MR) is 115 cm³/mol. The molecule has 28 heavy (non-hydrogen) atoms. The number of benzene rings is 1. The van der Waals surface area contributed by atoms with Crippen molar-refractivity contribution in [2.75, 3.05) is 19.6 Å². The molecule has 0 spiro atoms. The van der Waals surface area contributed by atoms with E-state index in [2.05, 4.69) is 13.5 Å². The van der Waals surface area contributed by atoms with Crippen LogP contribution in [0.1, 0.15) is 52.5 Å². The van der Waals surface area contributed by atoms with Gasteiger partial charge in [-0.05, 0) is 43.9 Å². The molecule has 1 aromatic carbocycles. The zero-order valence-electron chi connectivity index (χ0n) is 17.5. The van der Waals surface area contributed by atoms with E-state index >= 15 is 0 Å². The SMILES string of the molecule is C=C(C)CC1C(=O)N(CCc2ccc(Cl)cc2O)CC(=O)N1CCCC.CC. The van der Waals surface area contributed by atoms with Crippen LogP contribution in [0, 0.1) is 0 Å². The molecule has 1 aliphatic rings. The molecule has 0 aromatic heterocycles. The van der Waals surface area contributed by atoms with E-state index in [1.165, 1.54) is 6.07 Å². The number of halogens is 1. The number of phenolic OH excluding ortho intramolecular Hbond substituents is 1. The van der Waals surface area contributed by atoms with Crippen molar-refractivity contribution < 1.29 is 14.7 Å². The van der Waals surface area contributed by atoms with E-state index in [0.29, 0.717) is 36.5 Å². The first-order valence-corrected chi connectivity index (χ1v) is 10.4. The standard InChI is InChI=1S/C20H27ClN2O3.C2H6/c1-4-5-9-23-17(11-14(2)3)20(26)22(13-19(23)25)10-8-15-6-7-16(21)12-18(15)24;1-2/h6-7,12,17,24H,2,4-5,8-11,13H2,1,3H3;1-2H3. The lowest BCUT2D eigenvalue weighted by atomic mass is 10.0. The van der Waals surface area contributed by atoms with Gasteiger partial charge >= 0.3 is 0 Å². The van der Waals surface area contributed by atoms with Crippen molar-refractivity contribution >= 4 is 23.4 Å². The summed E-state index contributed by atoms with van der Waals surface area (Å²) >= 11 is 5.85. The van der Waals surface area contributed by atoms with Crippen molar-refractivity contribution in [1.82, 2.24) is 9.80 Å². The minimum Gasteiger partial charge on any atom is -0.508 e. The van der Waals surface area contributed by atoms with E-state index in [-0.39, 0.29) is 24.1 Å². The molecule has 2 rings (SSSR count). The molecular formula is C22H33ClN2O3. The van der Waals surface area contributed by atoms with Crippen LogP contribution in [0.3, 0.4) is 0 Å². The zero-order chi connectivity index (χ0) is 21.3. The Labute approximate surface area is 174 Å². The van der Waals surface area contributed by atoms with Gasteiger partial charge in [-0.2, -0.15) is 0 Å². The summed E-state index contributed by atoms with van der Waals surface area (Å²) in [5.74, 6) is 0.0399. The number of hydrogen-bond donors (Lipinski definition) is 1. The van der Waals surface area contributed by atoms with E-state index < -0.39 is 6.04 Å². The minimum absolute atomic E-state index is 0.0235. The first kappa shape index (κ1) is 24.0. The number of piperazine rings is 1. The largest absolute Gasteiger partial charge is 0.508 e. The van der Waals surface area contributed by atoms with Gasteiger partial charge in [-0.3, -0.25) is 9.59 Å². The van der Waals surface area contributed by atoms with Crippen molar-refractivity contribution in [3.8, 4) is 5.75 Å². The Hall–Kier alpha value is -2.01. The number of rotatable bonds is 8. The Morgan fingerprint density at radius 3 is 2.54 bits per heavy atom. The second kappa shape index (κ2) is 11.7. The number of phenols is 1. The molecule has 0 saturated carbocycles. The lowest BCUT2D eigenvalue weighted by Gasteiger charge is -2.40.